The minimum Gasteiger partial charge on any atom is -0.497 e. The largest absolute Gasteiger partial charge is 0.497 e. The van der Waals surface area contributed by atoms with Gasteiger partial charge in [-0.2, -0.15) is 0 Å². The Bertz CT molecular complexity index is 920. The third-order valence-corrected chi connectivity index (χ3v) is 6.52. The van der Waals surface area contributed by atoms with E-state index in [-0.39, 0.29) is 0 Å². The van der Waals surface area contributed by atoms with Crippen LogP contribution in [-0.2, 0) is 0 Å². The van der Waals surface area contributed by atoms with Crippen molar-refractivity contribution in [1.82, 2.24) is 0 Å². The summed E-state index contributed by atoms with van der Waals surface area (Å²) in [7, 11) is 3.37. The molecular formula is C32H43NO3. The maximum atomic E-state index is 6.03. The van der Waals surface area contributed by atoms with E-state index in [1.54, 1.807) is 14.2 Å². The summed E-state index contributed by atoms with van der Waals surface area (Å²) in [6.07, 6.45) is 13.3. The highest BCUT2D eigenvalue weighted by molar-refractivity contribution is 5.77. The molecule has 0 heterocycles. The average Bonchev–Trinajstić information content (AvgIpc) is 2.93. The van der Waals surface area contributed by atoms with E-state index in [1.807, 2.05) is 24.3 Å². The lowest BCUT2D eigenvalue weighted by Crippen LogP contribution is -2.10. The lowest BCUT2D eigenvalue weighted by Gasteiger charge is -2.26. The molecule has 194 valence electrons. The number of methoxy groups -OCH3 is 2. The monoisotopic (exact) mass is 489 g/mol. The standard InChI is InChI=1S/C32H43NO3/c1-4-5-6-7-8-9-10-11-12-13-26-36-32-24-18-29(19-25-32)33(27-14-20-30(34-2)21-15-27)28-16-22-31(35-3)23-17-28/h14-25H,4-13,26H2,1-3H3. The molecule has 3 aromatic rings. The summed E-state index contributed by atoms with van der Waals surface area (Å²) in [6, 6.07) is 24.5. The number of ether oxygens (including phenoxy) is 3. The molecule has 0 unspecified atom stereocenters. The fourth-order valence-electron chi connectivity index (χ4n) is 4.38. The zero-order valence-electron chi connectivity index (χ0n) is 22.4. The number of anilines is 3. The molecule has 3 aromatic carbocycles. The molecule has 0 aliphatic heterocycles. The highest BCUT2D eigenvalue weighted by Gasteiger charge is 2.13. The Morgan fingerprint density at radius 2 is 0.833 bits per heavy atom. The van der Waals surface area contributed by atoms with Crippen molar-refractivity contribution in [3.8, 4) is 17.2 Å². The van der Waals surface area contributed by atoms with Gasteiger partial charge in [0.05, 0.1) is 20.8 Å². The van der Waals surface area contributed by atoms with Crippen molar-refractivity contribution < 1.29 is 14.2 Å². The third kappa shape index (κ3) is 8.82. The molecule has 4 heteroatoms. The quantitative estimate of drug-likeness (QED) is 0.177. The third-order valence-electron chi connectivity index (χ3n) is 6.52. The van der Waals surface area contributed by atoms with Gasteiger partial charge < -0.3 is 19.1 Å². The van der Waals surface area contributed by atoms with E-state index in [2.05, 4.69) is 60.4 Å². The average molecular weight is 490 g/mol. The zero-order chi connectivity index (χ0) is 25.4. The van der Waals surface area contributed by atoms with Crippen LogP contribution >= 0.6 is 0 Å². The van der Waals surface area contributed by atoms with Crippen molar-refractivity contribution in [2.45, 2.75) is 71.1 Å². The lowest BCUT2D eigenvalue weighted by molar-refractivity contribution is 0.304. The molecule has 0 amide bonds. The minimum absolute atomic E-state index is 0.774. The molecule has 0 spiro atoms. The molecule has 0 fully saturated rings. The smallest absolute Gasteiger partial charge is 0.119 e. The molecule has 0 N–H and O–H groups in total. The van der Waals surface area contributed by atoms with Crippen LogP contribution in [0.1, 0.15) is 71.1 Å². The van der Waals surface area contributed by atoms with Crippen LogP contribution in [0.5, 0.6) is 17.2 Å². The van der Waals surface area contributed by atoms with Gasteiger partial charge in [0.2, 0.25) is 0 Å². The fourth-order valence-corrected chi connectivity index (χ4v) is 4.38. The van der Waals surface area contributed by atoms with Crippen LogP contribution in [0.15, 0.2) is 72.8 Å². The van der Waals surface area contributed by atoms with Gasteiger partial charge in [-0.1, -0.05) is 64.7 Å². The Hall–Kier alpha value is -3.14. The van der Waals surface area contributed by atoms with Gasteiger partial charge in [-0.05, 0) is 79.2 Å². The second-order valence-corrected chi connectivity index (χ2v) is 9.26. The van der Waals surface area contributed by atoms with Gasteiger partial charge >= 0.3 is 0 Å². The Balaban J connectivity index is 1.52. The predicted molar refractivity (Wildman–Crippen MR) is 152 cm³/mol. The molecule has 0 bridgehead atoms. The van der Waals surface area contributed by atoms with Crippen LogP contribution in [0.25, 0.3) is 0 Å². The van der Waals surface area contributed by atoms with Crippen molar-refractivity contribution in [2.24, 2.45) is 0 Å². The van der Waals surface area contributed by atoms with Gasteiger partial charge in [0.15, 0.2) is 0 Å². The van der Waals surface area contributed by atoms with Gasteiger partial charge in [-0.3, -0.25) is 0 Å². The summed E-state index contributed by atoms with van der Waals surface area (Å²) in [5.41, 5.74) is 3.18. The van der Waals surface area contributed by atoms with E-state index < -0.39 is 0 Å². The molecule has 36 heavy (non-hydrogen) atoms. The van der Waals surface area contributed by atoms with E-state index in [1.165, 1.54) is 57.8 Å². The first kappa shape index (κ1) is 27.4. The van der Waals surface area contributed by atoms with Gasteiger partial charge in [0.25, 0.3) is 0 Å². The number of hydrogen-bond acceptors (Lipinski definition) is 4. The van der Waals surface area contributed by atoms with E-state index in [0.717, 1.165) is 47.3 Å². The molecule has 0 atom stereocenters. The van der Waals surface area contributed by atoms with Gasteiger partial charge in [-0.15, -0.1) is 0 Å². The van der Waals surface area contributed by atoms with Gasteiger partial charge in [0.1, 0.15) is 17.2 Å². The summed E-state index contributed by atoms with van der Waals surface area (Å²) in [5, 5.41) is 0. The van der Waals surface area contributed by atoms with Crippen LogP contribution in [-0.4, -0.2) is 20.8 Å². The highest BCUT2D eigenvalue weighted by atomic mass is 16.5. The topological polar surface area (TPSA) is 30.9 Å². The minimum atomic E-state index is 0.774. The Kier molecular flexibility index (Phi) is 12.0. The molecule has 0 aliphatic carbocycles. The zero-order valence-corrected chi connectivity index (χ0v) is 22.4. The number of rotatable bonds is 17. The van der Waals surface area contributed by atoms with E-state index in [0.29, 0.717) is 0 Å². The van der Waals surface area contributed by atoms with Crippen molar-refractivity contribution >= 4 is 17.1 Å². The number of hydrogen-bond donors (Lipinski definition) is 0. The molecule has 3 rings (SSSR count). The lowest BCUT2D eigenvalue weighted by atomic mass is 10.1. The van der Waals surface area contributed by atoms with Crippen LogP contribution in [0, 0.1) is 0 Å². The summed E-state index contributed by atoms with van der Waals surface area (Å²) in [6.45, 7) is 3.05. The molecule has 0 saturated carbocycles. The van der Waals surface area contributed by atoms with Crippen LogP contribution in [0.3, 0.4) is 0 Å². The summed E-state index contributed by atoms with van der Waals surface area (Å²) < 4.78 is 16.7. The Morgan fingerprint density at radius 3 is 1.22 bits per heavy atom. The first-order valence-electron chi connectivity index (χ1n) is 13.6. The molecule has 0 saturated heterocycles. The maximum Gasteiger partial charge on any atom is 0.119 e. The first-order chi connectivity index (χ1) is 17.7. The second-order valence-electron chi connectivity index (χ2n) is 9.26. The molecule has 0 aliphatic rings. The fraction of sp³-hybridized carbons (Fsp3) is 0.438. The molecule has 0 radical (unpaired) electrons. The van der Waals surface area contributed by atoms with Crippen molar-refractivity contribution in [3.63, 3.8) is 0 Å². The van der Waals surface area contributed by atoms with E-state index in [4.69, 9.17) is 14.2 Å². The van der Waals surface area contributed by atoms with Crippen LogP contribution in [0.2, 0.25) is 0 Å². The first-order valence-corrected chi connectivity index (χ1v) is 13.6. The van der Waals surface area contributed by atoms with Crippen LogP contribution in [0.4, 0.5) is 17.1 Å². The SMILES string of the molecule is CCCCCCCCCCCCOc1ccc(N(c2ccc(OC)cc2)c2ccc(OC)cc2)cc1. The number of benzene rings is 3. The summed E-state index contributed by atoms with van der Waals surface area (Å²) >= 11 is 0. The maximum absolute atomic E-state index is 6.03. The van der Waals surface area contributed by atoms with E-state index in [9.17, 15) is 0 Å². The van der Waals surface area contributed by atoms with Gasteiger partial charge in [0, 0.05) is 17.1 Å². The Labute approximate surface area is 218 Å². The molecule has 0 aromatic heterocycles. The number of nitrogens with zero attached hydrogens (tertiary/aromatic N) is 1. The predicted octanol–water partition coefficient (Wildman–Crippen LogP) is 9.47. The summed E-state index contributed by atoms with van der Waals surface area (Å²) in [4.78, 5) is 2.21. The number of unbranched alkanes of at least 4 members (excludes halogenated alkanes) is 9. The summed E-state index contributed by atoms with van der Waals surface area (Å²) in [5.74, 6) is 2.59. The molecule has 4 nitrogen and oxygen atoms in total. The highest BCUT2D eigenvalue weighted by Crippen LogP contribution is 2.36. The molecular weight excluding hydrogens is 446 g/mol. The van der Waals surface area contributed by atoms with Crippen molar-refractivity contribution in [3.05, 3.63) is 72.8 Å². The van der Waals surface area contributed by atoms with Crippen molar-refractivity contribution in [2.75, 3.05) is 25.7 Å². The normalized spacial score (nSPS) is 10.8. The van der Waals surface area contributed by atoms with Crippen molar-refractivity contribution in [1.29, 1.82) is 0 Å². The van der Waals surface area contributed by atoms with Gasteiger partial charge in [-0.25, -0.2) is 0 Å². The van der Waals surface area contributed by atoms with E-state index >= 15 is 0 Å². The Morgan fingerprint density at radius 1 is 0.472 bits per heavy atom. The van der Waals surface area contributed by atoms with Crippen LogP contribution < -0.4 is 19.1 Å². The second kappa shape index (κ2) is 15.8.